The molecular weight excluding hydrogens is 389 g/mol. The van der Waals surface area contributed by atoms with Gasteiger partial charge in [-0.15, -0.1) is 0 Å². The van der Waals surface area contributed by atoms with Gasteiger partial charge in [-0.2, -0.15) is 13.2 Å². The molecule has 0 aliphatic rings. The zero-order chi connectivity index (χ0) is 20.3. The molecule has 0 saturated heterocycles. The number of carbonyl (C=O) groups is 1. The number of methoxy groups -OCH3 is 1. The van der Waals surface area contributed by atoms with Crippen LogP contribution in [0.15, 0.2) is 30.5 Å². The summed E-state index contributed by atoms with van der Waals surface area (Å²) >= 11 is 5.84. The smallest absolute Gasteiger partial charge is 0.433 e. The zero-order valence-corrected chi connectivity index (χ0v) is 15.0. The first-order valence-corrected chi connectivity index (χ1v) is 7.92. The quantitative estimate of drug-likeness (QED) is 0.479. The van der Waals surface area contributed by atoms with Gasteiger partial charge in [-0.3, -0.25) is 4.79 Å². The van der Waals surface area contributed by atoms with E-state index in [0.717, 1.165) is 6.20 Å². The van der Waals surface area contributed by atoms with Crippen LogP contribution in [0.5, 0.6) is 0 Å². The Morgan fingerprint density at radius 2 is 2.07 bits per heavy atom. The summed E-state index contributed by atoms with van der Waals surface area (Å²) < 4.78 is 44.5. The minimum Gasteiger partial charge on any atom is -0.483 e. The number of nitrogens with zero attached hydrogens (tertiary/aromatic N) is 2. The molecule has 2 aromatic rings. The number of benzene rings is 1. The molecule has 0 aliphatic carbocycles. The molecule has 0 spiro atoms. The molecule has 0 amide bonds. The average Bonchev–Trinajstić information content (AvgIpc) is 2.59. The van der Waals surface area contributed by atoms with Gasteiger partial charge < -0.3 is 20.5 Å². The van der Waals surface area contributed by atoms with Gasteiger partial charge >= 0.3 is 6.18 Å². The maximum absolute atomic E-state index is 13.2. The van der Waals surface area contributed by atoms with Crippen molar-refractivity contribution in [1.82, 2.24) is 15.3 Å². The summed E-state index contributed by atoms with van der Waals surface area (Å²) in [5.74, 6) is -0.148. The van der Waals surface area contributed by atoms with Crippen LogP contribution in [0.4, 0.5) is 24.8 Å². The number of anilines is 2. The van der Waals surface area contributed by atoms with Crippen LogP contribution in [0.2, 0.25) is 5.02 Å². The van der Waals surface area contributed by atoms with Crippen LogP contribution in [-0.2, 0) is 22.3 Å². The second kappa shape index (κ2) is 11.3. The molecule has 0 bridgehead atoms. The van der Waals surface area contributed by atoms with Crippen LogP contribution in [0.1, 0.15) is 11.3 Å². The highest BCUT2D eigenvalue weighted by Crippen LogP contribution is 2.31. The van der Waals surface area contributed by atoms with Crippen molar-refractivity contribution in [1.29, 1.82) is 0 Å². The second-order valence-electron chi connectivity index (χ2n) is 4.98. The Morgan fingerprint density at radius 1 is 1.37 bits per heavy atom. The SMILES string of the molecule is COCCNCc1cnc(Nc2cccc(Cl)c2)nc1C(F)(F)F.O=CO. The number of hydrogen-bond donors (Lipinski definition) is 3. The fourth-order valence-electron chi connectivity index (χ4n) is 1.93. The third-order valence-electron chi connectivity index (χ3n) is 3.01. The van der Waals surface area contributed by atoms with Crippen LogP contribution in [0.25, 0.3) is 0 Å². The van der Waals surface area contributed by atoms with Gasteiger partial charge in [0.05, 0.1) is 6.61 Å². The van der Waals surface area contributed by atoms with E-state index in [1.165, 1.54) is 7.11 Å². The van der Waals surface area contributed by atoms with E-state index in [-0.39, 0.29) is 24.5 Å². The highest BCUT2D eigenvalue weighted by Gasteiger charge is 2.36. The van der Waals surface area contributed by atoms with Crippen molar-refractivity contribution in [2.45, 2.75) is 12.7 Å². The van der Waals surface area contributed by atoms with E-state index in [1.807, 2.05) is 0 Å². The number of nitrogens with one attached hydrogen (secondary N) is 2. The number of halogens is 4. The van der Waals surface area contributed by atoms with E-state index >= 15 is 0 Å². The number of carboxylic acid groups (broad SMARTS) is 1. The number of alkyl halides is 3. The maximum atomic E-state index is 13.2. The van der Waals surface area contributed by atoms with Crippen molar-refractivity contribution in [3.63, 3.8) is 0 Å². The van der Waals surface area contributed by atoms with Crippen LogP contribution >= 0.6 is 11.6 Å². The Morgan fingerprint density at radius 3 is 2.67 bits per heavy atom. The molecular formula is C16H18ClF3N4O3. The minimum absolute atomic E-state index is 0.00432. The predicted octanol–water partition coefficient (Wildman–Crippen LogP) is 3.33. The number of hydrogen-bond acceptors (Lipinski definition) is 6. The van der Waals surface area contributed by atoms with Gasteiger partial charge in [0.25, 0.3) is 6.47 Å². The molecule has 27 heavy (non-hydrogen) atoms. The molecule has 0 radical (unpaired) electrons. The van der Waals surface area contributed by atoms with E-state index in [4.69, 9.17) is 26.2 Å². The van der Waals surface area contributed by atoms with Crippen molar-refractivity contribution < 1.29 is 27.8 Å². The van der Waals surface area contributed by atoms with Crippen molar-refractivity contribution in [2.75, 3.05) is 25.6 Å². The van der Waals surface area contributed by atoms with Crippen molar-refractivity contribution >= 4 is 29.7 Å². The summed E-state index contributed by atoms with van der Waals surface area (Å²) in [6, 6.07) is 6.55. The summed E-state index contributed by atoms with van der Waals surface area (Å²) in [6.07, 6.45) is -3.42. The predicted molar refractivity (Wildman–Crippen MR) is 94.0 cm³/mol. The Hall–Kier alpha value is -2.43. The molecule has 0 unspecified atom stereocenters. The van der Waals surface area contributed by atoms with E-state index in [0.29, 0.717) is 23.9 Å². The maximum Gasteiger partial charge on any atom is 0.433 e. The topological polar surface area (TPSA) is 96.4 Å². The molecule has 0 fully saturated rings. The summed E-state index contributed by atoms with van der Waals surface area (Å²) in [5, 5.41) is 12.9. The van der Waals surface area contributed by atoms with Gasteiger partial charge in [0, 0.05) is 42.7 Å². The van der Waals surface area contributed by atoms with Crippen LogP contribution < -0.4 is 10.6 Å². The lowest BCUT2D eigenvalue weighted by molar-refractivity contribution is -0.141. The lowest BCUT2D eigenvalue weighted by Gasteiger charge is -2.14. The van der Waals surface area contributed by atoms with Gasteiger partial charge in [0.15, 0.2) is 5.69 Å². The fourth-order valence-corrected chi connectivity index (χ4v) is 2.12. The first kappa shape index (κ1) is 22.6. The Bertz CT molecular complexity index is 732. The van der Waals surface area contributed by atoms with E-state index in [1.54, 1.807) is 24.3 Å². The van der Waals surface area contributed by atoms with Crippen molar-refractivity contribution in [3.05, 3.63) is 46.7 Å². The lowest BCUT2D eigenvalue weighted by atomic mass is 10.2. The normalized spacial score (nSPS) is 10.7. The van der Waals surface area contributed by atoms with Crippen molar-refractivity contribution in [2.24, 2.45) is 0 Å². The first-order chi connectivity index (χ1) is 12.8. The second-order valence-corrected chi connectivity index (χ2v) is 5.41. The van der Waals surface area contributed by atoms with Crippen LogP contribution in [-0.4, -0.2) is 41.8 Å². The Balaban J connectivity index is 0.00000114. The van der Waals surface area contributed by atoms with Crippen LogP contribution in [0, 0.1) is 0 Å². The molecule has 0 aliphatic heterocycles. The average molecular weight is 407 g/mol. The van der Waals surface area contributed by atoms with Crippen molar-refractivity contribution in [3.8, 4) is 0 Å². The highest BCUT2D eigenvalue weighted by atomic mass is 35.5. The summed E-state index contributed by atoms with van der Waals surface area (Å²) in [4.78, 5) is 15.9. The van der Waals surface area contributed by atoms with E-state index in [2.05, 4.69) is 20.6 Å². The summed E-state index contributed by atoms with van der Waals surface area (Å²) in [6.45, 7) is 0.572. The molecule has 1 aromatic heterocycles. The van der Waals surface area contributed by atoms with E-state index in [9.17, 15) is 13.2 Å². The number of ether oxygens (including phenoxy) is 1. The third-order valence-corrected chi connectivity index (χ3v) is 3.25. The minimum atomic E-state index is -4.58. The van der Waals surface area contributed by atoms with Gasteiger partial charge in [0.1, 0.15) is 0 Å². The molecule has 148 valence electrons. The standard InChI is InChI=1S/C15H16ClF3N4O.CH2O2/c1-24-6-5-20-8-10-9-21-14(23-13(10)15(17,18)19)22-12-4-2-3-11(16)7-12;2-1-3/h2-4,7,9,20H,5-6,8H2,1H3,(H,21,22,23);1H,(H,2,3). The monoisotopic (exact) mass is 406 g/mol. The molecule has 0 saturated carbocycles. The number of aromatic nitrogens is 2. The Kier molecular flexibility index (Phi) is 9.48. The summed E-state index contributed by atoms with van der Waals surface area (Å²) in [5.41, 5.74) is -0.510. The zero-order valence-electron chi connectivity index (χ0n) is 14.3. The largest absolute Gasteiger partial charge is 0.483 e. The molecule has 1 heterocycles. The Labute approximate surface area is 158 Å². The van der Waals surface area contributed by atoms with E-state index < -0.39 is 11.9 Å². The molecule has 7 nitrogen and oxygen atoms in total. The number of rotatable bonds is 7. The molecule has 2 rings (SSSR count). The van der Waals surface area contributed by atoms with Gasteiger partial charge in [-0.05, 0) is 18.2 Å². The first-order valence-electron chi connectivity index (χ1n) is 7.55. The summed E-state index contributed by atoms with van der Waals surface area (Å²) in [7, 11) is 1.52. The molecule has 11 heteroatoms. The lowest BCUT2D eigenvalue weighted by Crippen LogP contribution is -2.22. The fraction of sp³-hybridized carbons (Fsp3) is 0.312. The van der Waals surface area contributed by atoms with Gasteiger partial charge in [-0.25, -0.2) is 9.97 Å². The molecule has 3 N–H and O–H groups in total. The highest BCUT2D eigenvalue weighted by molar-refractivity contribution is 6.30. The molecule has 1 aromatic carbocycles. The third kappa shape index (κ3) is 8.20. The molecule has 0 atom stereocenters. The van der Waals surface area contributed by atoms with Crippen LogP contribution in [0.3, 0.4) is 0 Å². The van der Waals surface area contributed by atoms with Gasteiger partial charge in [-0.1, -0.05) is 17.7 Å². The van der Waals surface area contributed by atoms with Gasteiger partial charge in [0.2, 0.25) is 5.95 Å².